The highest BCUT2D eigenvalue weighted by Gasteiger charge is 2.18. The lowest BCUT2D eigenvalue weighted by Gasteiger charge is -2.08. The molecule has 1 aliphatic heterocycles. The number of amides is 1. The van der Waals surface area contributed by atoms with Gasteiger partial charge in [0.1, 0.15) is 0 Å². The Hall–Kier alpha value is -1.88. The third-order valence-electron chi connectivity index (χ3n) is 3.19. The van der Waals surface area contributed by atoms with Gasteiger partial charge in [-0.3, -0.25) is 4.79 Å². The van der Waals surface area contributed by atoms with E-state index in [-0.39, 0.29) is 11.5 Å². The molecule has 2 N–H and O–H groups in total. The van der Waals surface area contributed by atoms with Gasteiger partial charge < -0.3 is 15.2 Å². The summed E-state index contributed by atoms with van der Waals surface area (Å²) in [6.45, 7) is 1.83. The first kappa shape index (κ1) is 13.5. The molecule has 0 unspecified atom stereocenters. The van der Waals surface area contributed by atoms with Crippen LogP contribution in [0.25, 0.3) is 0 Å². The quantitative estimate of drug-likeness (QED) is 0.842. The van der Waals surface area contributed by atoms with Gasteiger partial charge in [-0.1, -0.05) is 12.1 Å². The third-order valence-corrected chi connectivity index (χ3v) is 3.19. The Labute approximate surface area is 111 Å². The summed E-state index contributed by atoms with van der Waals surface area (Å²) >= 11 is 0. The minimum atomic E-state index is -0.947. The Morgan fingerprint density at radius 2 is 2.05 bits per heavy atom. The van der Waals surface area contributed by atoms with Crippen LogP contribution in [0.4, 0.5) is 0 Å². The molecule has 5 heteroatoms. The lowest BCUT2D eigenvalue weighted by Crippen LogP contribution is -2.25. The van der Waals surface area contributed by atoms with E-state index >= 15 is 0 Å². The lowest BCUT2D eigenvalue weighted by molar-refractivity contribution is -0.122. The lowest BCUT2D eigenvalue weighted by atomic mass is 10.0. The maximum Gasteiger partial charge on any atom is 0.335 e. The molecule has 102 valence electrons. The van der Waals surface area contributed by atoms with Crippen LogP contribution in [-0.2, 0) is 16.1 Å². The molecular formula is C14H17NO4. The van der Waals surface area contributed by atoms with Gasteiger partial charge in [-0.25, -0.2) is 4.79 Å². The van der Waals surface area contributed by atoms with E-state index in [4.69, 9.17) is 9.84 Å². The Bertz CT molecular complexity index is 449. The van der Waals surface area contributed by atoms with Crippen molar-refractivity contribution in [2.24, 2.45) is 5.92 Å². The summed E-state index contributed by atoms with van der Waals surface area (Å²) in [7, 11) is 0. The van der Waals surface area contributed by atoms with Crippen LogP contribution in [-0.4, -0.2) is 30.2 Å². The summed E-state index contributed by atoms with van der Waals surface area (Å²) in [5, 5.41) is 11.6. The second-order valence-corrected chi connectivity index (χ2v) is 4.71. The number of rotatable bonds is 5. The number of carbonyl (C=O) groups is 2. The summed E-state index contributed by atoms with van der Waals surface area (Å²) in [6.07, 6.45) is 1.44. The first-order valence-corrected chi connectivity index (χ1v) is 6.32. The summed E-state index contributed by atoms with van der Waals surface area (Å²) in [5.74, 6) is -0.607. The molecule has 1 heterocycles. The van der Waals surface area contributed by atoms with Crippen LogP contribution in [0.5, 0.6) is 0 Å². The van der Waals surface area contributed by atoms with Crippen molar-refractivity contribution >= 4 is 11.9 Å². The molecule has 1 fully saturated rings. The van der Waals surface area contributed by atoms with Gasteiger partial charge in [0.25, 0.3) is 0 Å². The number of benzene rings is 1. The molecule has 1 aromatic rings. The van der Waals surface area contributed by atoms with E-state index in [1.54, 1.807) is 12.1 Å². The monoisotopic (exact) mass is 263 g/mol. The predicted octanol–water partition coefficient (Wildman–Crippen LogP) is 1.43. The van der Waals surface area contributed by atoms with Gasteiger partial charge in [-0.15, -0.1) is 0 Å². The van der Waals surface area contributed by atoms with Crippen molar-refractivity contribution in [1.82, 2.24) is 5.32 Å². The first-order chi connectivity index (χ1) is 9.15. The van der Waals surface area contributed by atoms with E-state index in [2.05, 4.69) is 5.32 Å². The molecule has 5 nitrogen and oxygen atoms in total. The molecule has 19 heavy (non-hydrogen) atoms. The summed E-state index contributed by atoms with van der Waals surface area (Å²) < 4.78 is 5.22. The zero-order valence-electron chi connectivity index (χ0n) is 10.6. The van der Waals surface area contributed by atoms with Crippen LogP contribution in [0.3, 0.4) is 0 Å². The predicted molar refractivity (Wildman–Crippen MR) is 68.8 cm³/mol. The number of carboxylic acid groups (broad SMARTS) is 1. The highest BCUT2D eigenvalue weighted by Crippen LogP contribution is 2.15. The summed E-state index contributed by atoms with van der Waals surface area (Å²) in [6, 6.07) is 6.49. The molecule has 0 aliphatic carbocycles. The van der Waals surface area contributed by atoms with E-state index < -0.39 is 5.97 Å². The minimum Gasteiger partial charge on any atom is -0.478 e. The molecule has 1 aliphatic rings. The number of hydrogen-bond acceptors (Lipinski definition) is 3. The highest BCUT2D eigenvalue weighted by atomic mass is 16.5. The molecule has 0 radical (unpaired) electrons. The third kappa shape index (κ3) is 4.06. The maximum absolute atomic E-state index is 11.7. The molecule has 1 saturated heterocycles. The van der Waals surface area contributed by atoms with Gasteiger partial charge in [0.2, 0.25) is 5.91 Å². The number of nitrogens with one attached hydrogen (secondary N) is 1. The maximum atomic E-state index is 11.7. The van der Waals surface area contributed by atoms with Crippen molar-refractivity contribution < 1.29 is 19.4 Å². The highest BCUT2D eigenvalue weighted by molar-refractivity contribution is 5.87. The SMILES string of the molecule is O=C(C[C@H]1CCOC1)NCc1ccc(C(=O)O)cc1. The van der Waals surface area contributed by atoms with Crippen molar-refractivity contribution in [3.05, 3.63) is 35.4 Å². The van der Waals surface area contributed by atoms with Gasteiger partial charge in [0, 0.05) is 26.2 Å². The fourth-order valence-corrected chi connectivity index (χ4v) is 2.04. The van der Waals surface area contributed by atoms with Gasteiger partial charge >= 0.3 is 5.97 Å². The van der Waals surface area contributed by atoms with Crippen LogP contribution in [0.1, 0.15) is 28.8 Å². The Morgan fingerprint density at radius 1 is 1.32 bits per heavy atom. The van der Waals surface area contributed by atoms with Crippen molar-refractivity contribution in [3.8, 4) is 0 Å². The van der Waals surface area contributed by atoms with E-state index in [0.717, 1.165) is 18.6 Å². The molecule has 1 atom stereocenters. The van der Waals surface area contributed by atoms with Gasteiger partial charge in [-0.2, -0.15) is 0 Å². The summed E-state index contributed by atoms with van der Waals surface area (Å²) in [4.78, 5) is 22.4. The van der Waals surface area contributed by atoms with E-state index in [1.165, 1.54) is 12.1 Å². The average molecular weight is 263 g/mol. The zero-order valence-corrected chi connectivity index (χ0v) is 10.6. The number of carboxylic acids is 1. The fraction of sp³-hybridized carbons (Fsp3) is 0.429. The largest absolute Gasteiger partial charge is 0.478 e. The van der Waals surface area contributed by atoms with Crippen LogP contribution >= 0.6 is 0 Å². The topological polar surface area (TPSA) is 75.6 Å². The molecule has 1 amide bonds. The Balaban J connectivity index is 1.77. The van der Waals surface area contributed by atoms with Crippen molar-refractivity contribution in [2.75, 3.05) is 13.2 Å². The molecule has 2 rings (SSSR count). The minimum absolute atomic E-state index is 0.0119. The second kappa shape index (κ2) is 6.33. The van der Waals surface area contributed by atoms with Crippen LogP contribution < -0.4 is 5.32 Å². The number of ether oxygens (including phenoxy) is 1. The normalized spacial score (nSPS) is 18.2. The first-order valence-electron chi connectivity index (χ1n) is 6.32. The molecule has 0 saturated carbocycles. The van der Waals surface area contributed by atoms with E-state index in [0.29, 0.717) is 25.5 Å². The molecule has 0 bridgehead atoms. The van der Waals surface area contributed by atoms with Gasteiger partial charge in [0.15, 0.2) is 0 Å². The fourth-order valence-electron chi connectivity index (χ4n) is 2.04. The van der Waals surface area contributed by atoms with Crippen LogP contribution in [0.15, 0.2) is 24.3 Å². The second-order valence-electron chi connectivity index (χ2n) is 4.71. The molecule has 1 aromatic carbocycles. The number of hydrogen-bond donors (Lipinski definition) is 2. The van der Waals surface area contributed by atoms with Crippen LogP contribution in [0, 0.1) is 5.92 Å². The van der Waals surface area contributed by atoms with Crippen molar-refractivity contribution in [2.45, 2.75) is 19.4 Å². The van der Waals surface area contributed by atoms with Crippen molar-refractivity contribution in [1.29, 1.82) is 0 Å². The average Bonchev–Trinajstić information content (AvgIpc) is 2.89. The van der Waals surface area contributed by atoms with E-state index in [1.807, 2.05) is 0 Å². The number of aromatic carboxylic acids is 1. The Kier molecular flexibility index (Phi) is 4.52. The molecule has 0 aromatic heterocycles. The van der Waals surface area contributed by atoms with Crippen molar-refractivity contribution in [3.63, 3.8) is 0 Å². The smallest absolute Gasteiger partial charge is 0.335 e. The zero-order chi connectivity index (χ0) is 13.7. The number of carbonyl (C=O) groups excluding carboxylic acids is 1. The van der Waals surface area contributed by atoms with Gasteiger partial charge in [0.05, 0.1) is 5.56 Å². The van der Waals surface area contributed by atoms with E-state index in [9.17, 15) is 9.59 Å². The molecular weight excluding hydrogens is 246 g/mol. The Morgan fingerprint density at radius 3 is 2.63 bits per heavy atom. The summed E-state index contributed by atoms with van der Waals surface area (Å²) in [5.41, 5.74) is 1.14. The van der Waals surface area contributed by atoms with Crippen LogP contribution in [0.2, 0.25) is 0 Å². The standard InChI is InChI=1S/C14H17NO4/c16-13(7-11-5-6-19-9-11)15-8-10-1-3-12(4-2-10)14(17)18/h1-4,11H,5-9H2,(H,15,16)(H,17,18)/t11-/m1/s1. The van der Waals surface area contributed by atoms with Gasteiger partial charge in [-0.05, 0) is 30.0 Å². The molecule has 0 spiro atoms.